The number of benzene rings is 1. The van der Waals surface area contributed by atoms with Gasteiger partial charge in [0.05, 0.1) is 6.04 Å². The van der Waals surface area contributed by atoms with Gasteiger partial charge in [0.25, 0.3) is 0 Å². The molecule has 1 unspecified atom stereocenters. The van der Waals surface area contributed by atoms with Crippen LogP contribution < -0.4 is 5.32 Å². The molecule has 0 aliphatic carbocycles. The lowest BCUT2D eigenvalue weighted by Crippen LogP contribution is -2.06. The largest absolute Gasteiger partial charge is 0.508 e. The molecule has 4 heteroatoms. The van der Waals surface area contributed by atoms with Gasteiger partial charge in [0.2, 0.25) is 0 Å². The van der Waals surface area contributed by atoms with Crippen LogP contribution in [0.3, 0.4) is 0 Å². The van der Waals surface area contributed by atoms with E-state index < -0.39 is 0 Å². The number of phenolic OH excluding ortho intramolecular Hbond substituents is 1. The van der Waals surface area contributed by atoms with E-state index in [-0.39, 0.29) is 6.04 Å². The maximum atomic E-state index is 9.78. The van der Waals surface area contributed by atoms with E-state index in [2.05, 4.69) is 10.3 Å². The molecule has 0 spiro atoms. The Morgan fingerprint density at radius 3 is 2.94 bits per heavy atom. The molecular weight excluding hydrogens is 220 g/mol. The molecule has 0 fully saturated rings. The lowest BCUT2D eigenvalue weighted by molar-refractivity contribution is 0.465. The molecule has 2 aromatic rings. The lowest BCUT2D eigenvalue weighted by Gasteiger charge is -2.15. The van der Waals surface area contributed by atoms with E-state index in [1.54, 1.807) is 23.6 Å². The number of thiazole rings is 1. The summed E-state index contributed by atoms with van der Waals surface area (Å²) in [6.07, 6.45) is 1.76. The summed E-state index contributed by atoms with van der Waals surface area (Å²) < 4.78 is 0. The molecule has 1 aromatic heterocycles. The SMILES string of the molecule is Cc1ccc(O)c(C(C)Nc2nccs2)c1. The zero-order valence-corrected chi connectivity index (χ0v) is 10.1. The summed E-state index contributed by atoms with van der Waals surface area (Å²) >= 11 is 1.55. The molecule has 2 N–H and O–H groups in total. The van der Waals surface area contributed by atoms with Crippen molar-refractivity contribution in [2.75, 3.05) is 5.32 Å². The Morgan fingerprint density at radius 1 is 1.44 bits per heavy atom. The molecular formula is C12H14N2OS. The fourth-order valence-electron chi connectivity index (χ4n) is 1.58. The Hall–Kier alpha value is -1.55. The van der Waals surface area contributed by atoms with Gasteiger partial charge in [-0.1, -0.05) is 17.7 Å². The molecule has 0 saturated carbocycles. The van der Waals surface area contributed by atoms with E-state index in [4.69, 9.17) is 0 Å². The lowest BCUT2D eigenvalue weighted by atomic mass is 10.0. The van der Waals surface area contributed by atoms with Gasteiger partial charge >= 0.3 is 0 Å². The third kappa shape index (κ3) is 2.33. The van der Waals surface area contributed by atoms with Crippen molar-refractivity contribution in [1.82, 2.24) is 4.98 Å². The maximum Gasteiger partial charge on any atom is 0.183 e. The summed E-state index contributed by atoms with van der Waals surface area (Å²) in [5.41, 5.74) is 2.04. The standard InChI is InChI=1S/C12H14N2OS/c1-8-3-4-11(15)10(7-8)9(2)14-12-13-5-6-16-12/h3-7,9,15H,1-2H3,(H,13,14). The number of rotatable bonds is 3. The van der Waals surface area contributed by atoms with Crippen LogP contribution in [0.25, 0.3) is 0 Å². The van der Waals surface area contributed by atoms with Crippen LogP contribution in [0.2, 0.25) is 0 Å². The number of aromatic nitrogens is 1. The van der Waals surface area contributed by atoms with Crippen molar-refractivity contribution in [1.29, 1.82) is 0 Å². The molecule has 0 bridgehead atoms. The van der Waals surface area contributed by atoms with Gasteiger partial charge in [-0.15, -0.1) is 11.3 Å². The third-order valence-corrected chi connectivity index (χ3v) is 3.13. The number of hydrogen-bond acceptors (Lipinski definition) is 4. The zero-order chi connectivity index (χ0) is 11.5. The highest BCUT2D eigenvalue weighted by Gasteiger charge is 2.11. The highest BCUT2D eigenvalue weighted by molar-refractivity contribution is 7.13. The molecule has 0 radical (unpaired) electrons. The molecule has 0 amide bonds. The van der Waals surface area contributed by atoms with Gasteiger partial charge < -0.3 is 10.4 Å². The van der Waals surface area contributed by atoms with Gasteiger partial charge in [-0.3, -0.25) is 0 Å². The topological polar surface area (TPSA) is 45.1 Å². The smallest absolute Gasteiger partial charge is 0.183 e. The van der Waals surface area contributed by atoms with Crippen LogP contribution in [0.5, 0.6) is 5.75 Å². The first-order valence-electron chi connectivity index (χ1n) is 5.12. The minimum Gasteiger partial charge on any atom is -0.508 e. The molecule has 84 valence electrons. The molecule has 1 heterocycles. The van der Waals surface area contributed by atoms with Crippen LogP contribution in [0, 0.1) is 6.92 Å². The minimum atomic E-state index is 0.0473. The van der Waals surface area contributed by atoms with Crippen molar-refractivity contribution in [2.24, 2.45) is 0 Å². The van der Waals surface area contributed by atoms with Crippen LogP contribution in [0.15, 0.2) is 29.8 Å². The summed E-state index contributed by atoms with van der Waals surface area (Å²) in [7, 11) is 0. The molecule has 2 rings (SSSR count). The van der Waals surface area contributed by atoms with Gasteiger partial charge in [-0.05, 0) is 19.9 Å². The van der Waals surface area contributed by atoms with Gasteiger partial charge in [0, 0.05) is 17.1 Å². The third-order valence-electron chi connectivity index (χ3n) is 2.42. The number of nitrogens with zero attached hydrogens (tertiary/aromatic N) is 1. The van der Waals surface area contributed by atoms with Gasteiger partial charge in [-0.2, -0.15) is 0 Å². The average molecular weight is 234 g/mol. The van der Waals surface area contributed by atoms with Gasteiger partial charge in [-0.25, -0.2) is 4.98 Å². The molecule has 0 aliphatic rings. The summed E-state index contributed by atoms with van der Waals surface area (Å²) in [5.74, 6) is 0.321. The van der Waals surface area contributed by atoms with Crippen molar-refractivity contribution < 1.29 is 5.11 Å². The van der Waals surface area contributed by atoms with E-state index in [9.17, 15) is 5.11 Å². The Bertz CT molecular complexity index is 468. The number of nitrogens with one attached hydrogen (secondary N) is 1. The fraction of sp³-hybridized carbons (Fsp3) is 0.250. The molecule has 0 saturated heterocycles. The van der Waals surface area contributed by atoms with Gasteiger partial charge in [0.1, 0.15) is 5.75 Å². The normalized spacial score (nSPS) is 12.4. The molecule has 16 heavy (non-hydrogen) atoms. The van der Waals surface area contributed by atoms with Crippen LogP contribution in [0.1, 0.15) is 24.1 Å². The second-order valence-corrected chi connectivity index (χ2v) is 4.66. The molecule has 1 aromatic carbocycles. The fourth-order valence-corrected chi connectivity index (χ4v) is 2.20. The predicted molar refractivity (Wildman–Crippen MR) is 67.0 cm³/mol. The summed E-state index contributed by atoms with van der Waals surface area (Å²) in [4.78, 5) is 4.16. The number of aryl methyl sites for hydroxylation is 1. The Kier molecular flexibility index (Phi) is 3.10. The van der Waals surface area contributed by atoms with Crippen LogP contribution in [-0.2, 0) is 0 Å². The maximum absolute atomic E-state index is 9.78. The van der Waals surface area contributed by atoms with E-state index in [0.29, 0.717) is 5.75 Å². The monoisotopic (exact) mass is 234 g/mol. The van der Waals surface area contributed by atoms with Crippen LogP contribution >= 0.6 is 11.3 Å². The Morgan fingerprint density at radius 2 is 2.25 bits per heavy atom. The summed E-state index contributed by atoms with van der Waals surface area (Å²) in [6.45, 7) is 4.02. The van der Waals surface area contributed by atoms with E-state index in [1.807, 2.05) is 31.4 Å². The van der Waals surface area contributed by atoms with Gasteiger partial charge in [0.15, 0.2) is 5.13 Å². The predicted octanol–water partition coefficient (Wildman–Crippen LogP) is 3.33. The Labute approximate surface area is 98.8 Å². The number of aromatic hydroxyl groups is 1. The summed E-state index contributed by atoms with van der Waals surface area (Å²) in [6, 6.07) is 5.66. The Balaban J connectivity index is 2.20. The molecule has 3 nitrogen and oxygen atoms in total. The number of hydrogen-bond donors (Lipinski definition) is 2. The van der Waals surface area contributed by atoms with E-state index in [0.717, 1.165) is 16.3 Å². The van der Waals surface area contributed by atoms with Crippen molar-refractivity contribution >= 4 is 16.5 Å². The first-order valence-corrected chi connectivity index (χ1v) is 6.00. The van der Waals surface area contributed by atoms with Crippen molar-refractivity contribution in [2.45, 2.75) is 19.9 Å². The number of anilines is 1. The average Bonchev–Trinajstić information content (AvgIpc) is 2.74. The first kappa shape index (κ1) is 11.0. The zero-order valence-electron chi connectivity index (χ0n) is 9.27. The van der Waals surface area contributed by atoms with Crippen LogP contribution in [0.4, 0.5) is 5.13 Å². The quantitative estimate of drug-likeness (QED) is 0.856. The number of phenols is 1. The molecule has 0 aliphatic heterocycles. The highest BCUT2D eigenvalue weighted by Crippen LogP contribution is 2.28. The first-order chi connectivity index (χ1) is 7.66. The van der Waals surface area contributed by atoms with Crippen molar-refractivity contribution in [3.05, 3.63) is 40.9 Å². The van der Waals surface area contributed by atoms with Crippen molar-refractivity contribution in [3.8, 4) is 5.75 Å². The summed E-state index contributed by atoms with van der Waals surface area (Å²) in [5, 5.41) is 15.8. The minimum absolute atomic E-state index is 0.0473. The van der Waals surface area contributed by atoms with Crippen molar-refractivity contribution in [3.63, 3.8) is 0 Å². The molecule has 1 atom stereocenters. The van der Waals surface area contributed by atoms with E-state index in [1.165, 1.54) is 0 Å². The van der Waals surface area contributed by atoms with Crippen LogP contribution in [-0.4, -0.2) is 10.1 Å². The second-order valence-electron chi connectivity index (χ2n) is 3.77. The van der Waals surface area contributed by atoms with E-state index >= 15 is 0 Å². The second kappa shape index (κ2) is 4.53. The highest BCUT2D eigenvalue weighted by atomic mass is 32.1.